The standard InChI is InChI=1S/C20H25N3O3/c1-3-4-13-26-18-11-7-16(8-12-18)20(25)23-22-19(24)14-21-17-9-5-15(2)6-10-17/h5-12,21H,3-4,13-14H2,1-2H3,(H,22,24)(H,23,25). The molecule has 0 aliphatic heterocycles. The van der Waals surface area contributed by atoms with Gasteiger partial charge in [0.2, 0.25) is 0 Å². The van der Waals surface area contributed by atoms with Crippen LogP contribution in [0.5, 0.6) is 5.75 Å². The molecule has 0 aliphatic rings. The summed E-state index contributed by atoms with van der Waals surface area (Å²) in [4.78, 5) is 23.9. The van der Waals surface area contributed by atoms with Gasteiger partial charge in [-0.2, -0.15) is 0 Å². The first kappa shape index (κ1) is 19.3. The molecule has 0 saturated carbocycles. The quantitative estimate of drug-likeness (QED) is 0.502. The molecule has 2 aromatic carbocycles. The zero-order valence-electron chi connectivity index (χ0n) is 15.2. The Hall–Kier alpha value is -3.02. The highest BCUT2D eigenvalue weighted by atomic mass is 16.5. The van der Waals surface area contributed by atoms with Crippen molar-refractivity contribution >= 4 is 17.5 Å². The Kier molecular flexibility index (Phi) is 7.49. The van der Waals surface area contributed by atoms with Crippen LogP contribution >= 0.6 is 0 Å². The van der Waals surface area contributed by atoms with Gasteiger partial charge in [0.15, 0.2) is 0 Å². The second-order valence-electron chi connectivity index (χ2n) is 5.95. The summed E-state index contributed by atoms with van der Waals surface area (Å²) in [5.74, 6) is 0.00794. The van der Waals surface area contributed by atoms with E-state index in [1.807, 2.05) is 31.2 Å². The highest BCUT2D eigenvalue weighted by molar-refractivity contribution is 5.95. The van der Waals surface area contributed by atoms with Crippen molar-refractivity contribution in [2.24, 2.45) is 0 Å². The van der Waals surface area contributed by atoms with Crippen LogP contribution in [0.1, 0.15) is 35.7 Å². The van der Waals surface area contributed by atoms with Gasteiger partial charge in [0.25, 0.3) is 11.8 Å². The first-order valence-corrected chi connectivity index (χ1v) is 8.71. The Labute approximate surface area is 153 Å². The fraction of sp³-hybridized carbons (Fsp3) is 0.300. The second kappa shape index (κ2) is 10.1. The predicted molar refractivity (Wildman–Crippen MR) is 102 cm³/mol. The Balaban J connectivity index is 1.73. The molecule has 3 N–H and O–H groups in total. The largest absolute Gasteiger partial charge is 0.494 e. The number of hydrogen-bond acceptors (Lipinski definition) is 4. The monoisotopic (exact) mass is 355 g/mol. The lowest BCUT2D eigenvalue weighted by molar-refractivity contribution is -0.120. The van der Waals surface area contributed by atoms with Crippen molar-refractivity contribution in [3.8, 4) is 5.75 Å². The van der Waals surface area contributed by atoms with E-state index >= 15 is 0 Å². The van der Waals surface area contributed by atoms with Crippen molar-refractivity contribution in [2.45, 2.75) is 26.7 Å². The number of ether oxygens (including phenoxy) is 1. The summed E-state index contributed by atoms with van der Waals surface area (Å²) in [6, 6.07) is 14.5. The average molecular weight is 355 g/mol. The third-order valence-electron chi connectivity index (χ3n) is 3.70. The lowest BCUT2D eigenvalue weighted by atomic mass is 10.2. The number of unbranched alkanes of at least 4 members (excludes halogenated alkanes) is 1. The van der Waals surface area contributed by atoms with Crippen LogP contribution in [0, 0.1) is 6.92 Å². The van der Waals surface area contributed by atoms with Crippen molar-refractivity contribution < 1.29 is 14.3 Å². The van der Waals surface area contributed by atoms with E-state index < -0.39 is 0 Å². The minimum Gasteiger partial charge on any atom is -0.494 e. The van der Waals surface area contributed by atoms with Crippen molar-refractivity contribution in [1.82, 2.24) is 10.9 Å². The molecule has 2 aromatic rings. The number of anilines is 1. The van der Waals surface area contributed by atoms with Gasteiger partial charge in [-0.1, -0.05) is 31.0 Å². The van der Waals surface area contributed by atoms with Gasteiger partial charge >= 0.3 is 0 Å². The number of hydrazine groups is 1. The fourth-order valence-electron chi connectivity index (χ4n) is 2.13. The molecule has 0 heterocycles. The normalized spacial score (nSPS) is 10.1. The maximum atomic E-state index is 12.0. The summed E-state index contributed by atoms with van der Waals surface area (Å²) in [7, 11) is 0. The number of aryl methyl sites for hydroxylation is 1. The van der Waals surface area contributed by atoms with Crippen LogP contribution in [-0.2, 0) is 4.79 Å². The molecule has 26 heavy (non-hydrogen) atoms. The number of benzene rings is 2. The SMILES string of the molecule is CCCCOc1ccc(C(=O)NNC(=O)CNc2ccc(C)cc2)cc1. The zero-order chi connectivity index (χ0) is 18.8. The molecular weight excluding hydrogens is 330 g/mol. The van der Waals surface area contributed by atoms with Gasteiger partial charge in [0.1, 0.15) is 5.75 Å². The Morgan fingerprint density at radius 2 is 1.65 bits per heavy atom. The maximum absolute atomic E-state index is 12.0. The first-order chi connectivity index (χ1) is 12.6. The number of hydrogen-bond donors (Lipinski definition) is 3. The molecule has 2 rings (SSSR count). The average Bonchev–Trinajstić information content (AvgIpc) is 2.66. The van der Waals surface area contributed by atoms with Gasteiger partial charge in [-0.3, -0.25) is 20.4 Å². The van der Waals surface area contributed by atoms with E-state index in [4.69, 9.17) is 4.74 Å². The molecule has 6 nitrogen and oxygen atoms in total. The molecule has 138 valence electrons. The second-order valence-corrected chi connectivity index (χ2v) is 5.95. The first-order valence-electron chi connectivity index (χ1n) is 8.71. The molecule has 0 saturated heterocycles. The molecule has 0 radical (unpaired) electrons. The van der Waals surface area contributed by atoms with Crippen molar-refractivity contribution in [3.05, 3.63) is 59.7 Å². The van der Waals surface area contributed by atoms with Crippen LogP contribution in [0.4, 0.5) is 5.69 Å². The van der Waals surface area contributed by atoms with Gasteiger partial charge < -0.3 is 10.1 Å². The minimum atomic E-state index is -0.381. The summed E-state index contributed by atoms with van der Waals surface area (Å²) in [6.07, 6.45) is 2.06. The molecule has 0 atom stereocenters. The van der Waals surface area contributed by atoms with E-state index in [0.717, 1.165) is 29.8 Å². The predicted octanol–water partition coefficient (Wildman–Crippen LogP) is 3.05. The van der Waals surface area contributed by atoms with E-state index in [-0.39, 0.29) is 18.4 Å². The molecule has 0 aliphatic carbocycles. The smallest absolute Gasteiger partial charge is 0.269 e. The summed E-state index contributed by atoms with van der Waals surface area (Å²) < 4.78 is 5.55. The zero-order valence-corrected chi connectivity index (χ0v) is 15.2. The molecule has 0 fully saturated rings. The van der Waals surface area contributed by atoms with Crippen LogP contribution in [0.15, 0.2) is 48.5 Å². The van der Waals surface area contributed by atoms with Crippen LogP contribution in [0.3, 0.4) is 0 Å². The van der Waals surface area contributed by atoms with Crippen molar-refractivity contribution in [2.75, 3.05) is 18.5 Å². The summed E-state index contributed by atoms with van der Waals surface area (Å²) in [5, 5.41) is 2.99. The third-order valence-corrected chi connectivity index (χ3v) is 3.70. The van der Waals surface area contributed by atoms with E-state index in [9.17, 15) is 9.59 Å². The van der Waals surface area contributed by atoms with Crippen LogP contribution in [-0.4, -0.2) is 25.0 Å². The Bertz CT molecular complexity index is 712. The number of amides is 2. The van der Waals surface area contributed by atoms with E-state index in [0.29, 0.717) is 12.2 Å². The molecule has 0 aromatic heterocycles. The molecule has 0 unspecified atom stereocenters. The molecule has 0 spiro atoms. The summed E-state index contributed by atoms with van der Waals surface area (Å²) in [6.45, 7) is 4.82. The van der Waals surface area contributed by atoms with Gasteiger partial charge in [0, 0.05) is 11.3 Å². The Morgan fingerprint density at radius 1 is 0.962 bits per heavy atom. The number of carbonyl (C=O) groups is 2. The molecule has 2 amide bonds. The lowest BCUT2D eigenvalue weighted by Gasteiger charge is -2.10. The van der Waals surface area contributed by atoms with Crippen LogP contribution in [0.2, 0.25) is 0 Å². The number of carbonyl (C=O) groups excluding carboxylic acids is 2. The van der Waals surface area contributed by atoms with Crippen molar-refractivity contribution in [3.63, 3.8) is 0 Å². The third kappa shape index (κ3) is 6.47. The van der Waals surface area contributed by atoms with Crippen LogP contribution in [0.25, 0.3) is 0 Å². The van der Waals surface area contributed by atoms with E-state index in [1.54, 1.807) is 24.3 Å². The van der Waals surface area contributed by atoms with Gasteiger partial charge in [0.05, 0.1) is 13.2 Å². The topological polar surface area (TPSA) is 79.5 Å². The highest BCUT2D eigenvalue weighted by Crippen LogP contribution is 2.12. The summed E-state index contributed by atoms with van der Waals surface area (Å²) >= 11 is 0. The summed E-state index contributed by atoms with van der Waals surface area (Å²) in [5.41, 5.74) is 7.22. The van der Waals surface area contributed by atoms with E-state index in [2.05, 4.69) is 23.1 Å². The minimum absolute atomic E-state index is 0.0630. The van der Waals surface area contributed by atoms with Gasteiger partial charge in [-0.05, 0) is 49.7 Å². The Morgan fingerprint density at radius 3 is 2.31 bits per heavy atom. The lowest BCUT2D eigenvalue weighted by Crippen LogP contribution is -2.44. The van der Waals surface area contributed by atoms with E-state index in [1.165, 1.54) is 0 Å². The van der Waals surface area contributed by atoms with Gasteiger partial charge in [-0.15, -0.1) is 0 Å². The number of nitrogens with one attached hydrogen (secondary N) is 3. The highest BCUT2D eigenvalue weighted by Gasteiger charge is 2.07. The maximum Gasteiger partial charge on any atom is 0.269 e. The van der Waals surface area contributed by atoms with Crippen molar-refractivity contribution in [1.29, 1.82) is 0 Å². The molecule has 6 heteroatoms. The fourth-order valence-corrected chi connectivity index (χ4v) is 2.13. The number of rotatable bonds is 8. The van der Waals surface area contributed by atoms with Gasteiger partial charge in [-0.25, -0.2) is 0 Å². The molecular formula is C20H25N3O3. The van der Waals surface area contributed by atoms with Crippen LogP contribution < -0.4 is 20.9 Å². The molecule has 0 bridgehead atoms.